The van der Waals surface area contributed by atoms with Crippen LogP contribution in [0.25, 0.3) is 0 Å². The zero-order valence-corrected chi connectivity index (χ0v) is 11.6. The fourth-order valence-electron chi connectivity index (χ4n) is 1.84. The maximum absolute atomic E-state index is 13.6. The first kappa shape index (κ1) is 13.9. The Hall–Kier alpha value is -1.49. The molecule has 5 heteroatoms. The summed E-state index contributed by atoms with van der Waals surface area (Å²) < 4.78 is 41.4. The maximum Gasteiger partial charge on any atom is 0.147 e. The molecule has 0 saturated heterocycles. The van der Waals surface area contributed by atoms with Gasteiger partial charge in [-0.1, -0.05) is 22.0 Å². The molecule has 1 N–H and O–H groups in total. The first-order chi connectivity index (χ1) is 8.99. The molecule has 2 aromatic rings. The van der Waals surface area contributed by atoms with Crippen molar-refractivity contribution in [3.8, 4) is 0 Å². The minimum Gasteiger partial charge on any atom is -0.376 e. The summed E-state index contributed by atoms with van der Waals surface area (Å²) in [6.45, 7) is 1.57. The zero-order valence-electron chi connectivity index (χ0n) is 10.1. The Morgan fingerprint density at radius 3 is 2.21 bits per heavy atom. The molecule has 100 valence electrons. The molecular weight excluding hydrogens is 319 g/mol. The van der Waals surface area contributed by atoms with Gasteiger partial charge in [-0.05, 0) is 37.3 Å². The van der Waals surface area contributed by atoms with Crippen LogP contribution >= 0.6 is 15.9 Å². The molecule has 1 atom stereocenters. The Labute approximate surface area is 117 Å². The van der Waals surface area contributed by atoms with E-state index in [0.29, 0.717) is 4.47 Å². The average molecular weight is 330 g/mol. The normalized spacial score (nSPS) is 12.3. The Morgan fingerprint density at radius 2 is 1.63 bits per heavy atom. The van der Waals surface area contributed by atoms with E-state index < -0.39 is 23.5 Å². The predicted octanol–water partition coefficient (Wildman–Crippen LogP) is 5.04. The summed E-state index contributed by atoms with van der Waals surface area (Å²) in [7, 11) is 0. The molecule has 0 aliphatic rings. The molecule has 0 radical (unpaired) electrons. The third kappa shape index (κ3) is 3.10. The Kier molecular flexibility index (Phi) is 4.14. The van der Waals surface area contributed by atoms with Gasteiger partial charge in [0.25, 0.3) is 0 Å². The summed E-state index contributed by atoms with van der Waals surface area (Å²) in [5, 5.41) is 2.76. The number of hydrogen-bond donors (Lipinski definition) is 1. The van der Waals surface area contributed by atoms with Gasteiger partial charge in [0, 0.05) is 10.0 Å². The molecule has 1 unspecified atom stereocenters. The van der Waals surface area contributed by atoms with Crippen LogP contribution in [0.2, 0.25) is 0 Å². The average Bonchev–Trinajstić information content (AvgIpc) is 2.32. The van der Waals surface area contributed by atoms with Crippen molar-refractivity contribution < 1.29 is 13.2 Å². The van der Waals surface area contributed by atoms with Gasteiger partial charge in [-0.2, -0.15) is 0 Å². The van der Waals surface area contributed by atoms with Gasteiger partial charge in [0.05, 0.1) is 11.7 Å². The lowest BCUT2D eigenvalue weighted by Gasteiger charge is -2.17. The molecule has 0 bridgehead atoms. The lowest BCUT2D eigenvalue weighted by atomic mass is 10.1. The largest absolute Gasteiger partial charge is 0.376 e. The number of anilines is 1. The topological polar surface area (TPSA) is 12.0 Å². The molecular formula is C14H11BrF3N. The molecule has 0 spiro atoms. The van der Waals surface area contributed by atoms with E-state index in [9.17, 15) is 13.2 Å². The van der Waals surface area contributed by atoms with Crippen molar-refractivity contribution in [1.29, 1.82) is 0 Å². The van der Waals surface area contributed by atoms with E-state index >= 15 is 0 Å². The van der Waals surface area contributed by atoms with E-state index in [0.717, 1.165) is 0 Å². The van der Waals surface area contributed by atoms with E-state index in [1.54, 1.807) is 13.0 Å². The summed E-state index contributed by atoms with van der Waals surface area (Å²) in [6, 6.07) is 7.40. The maximum atomic E-state index is 13.6. The highest BCUT2D eigenvalue weighted by atomic mass is 79.9. The monoisotopic (exact) mass is 329 g/mol. The van der Waals surface area contributed by atoms with Crippen molar-refractivity contribution in [2.45, 2.75) is 13.0 Å². The lowest BCUT2D eigenvalue weighted by Crippen LogP contribution is -2.11. The summed E-state index contributed by atoms with van der Waals surface area (Å²) >= 11 is 3.14. The van der Waals surface area contributed by atoms with Crippen LogP contribution in [-0.4, -0.2) is 0 Å². The quantitative estimate of drug-likeness (QED) is 0.831. The first-order valence-corrected chi connectivity index (χ1v) is 6.44. The highest BCUT2D eigenvalue weighted by molar-refractivity contribution is 9.10. The van der Waals surface area contributed by atoms with Crippen LogP contribution in [0.3, 0.4) is 0 Å². The number of halogens is 4. The van der Waals surface area contributed by atoms with Gasteiger partial charge in [-0.3, -0.25) is 0 Å². The summed E-state index contributed by atoms with van der Waals surface area (Å²) in [5.74, 6) is -1.80. The molecule has 0 saturated carbocycles. The van der Waals surface area contributed by atoms with Gasteiger partial charge < -0.3 is 5.32 Å². The molecule has 19 heavy (non-hydrogen) atoms. The Bertz CT molecular complexity index is 581. The molecule has 0 amide bonds. The number of benzene rings is 2. The van der Waals surface area contributed by atoms with E-state index in [1.807, 2.05) is 0 Å². The van der Waals surface area contributed by atoms with Gasteiger partial charge in [0.2, 0.25) is 0 Å². The van der Waals surface area contributed by atoms with Crippen molar-refractivity contribution >= 4 is 21.6 Å². The zero-order chi connectivity index (χ0) is 14.0. The van der Waals surface area contributed by atoms with Gasteiger partial charge in [0.15, 0.2) is 0 Å². The second-order valence-corrected chi connectivity index (χ2v) is 5.04. The highest BCUT2D eigenvalue weighted by Crippen LogP contribution is 2.27. The molecule has 0 aliphatic carbocycles. The van der Waals surface area contributed by atoms with Crippen molar-refractivity contribution in [3.63, 3.8) is 0 Å². The third-order valence-electron chi connectivity index (χ3n) is 2.74. The molecule has 0 aromatic heterocycles. The third-order valence-corrected chi connectivity index (χ3v) is 3.23. The molecule has 1 nitrogen and oxygen atoms in total. The van der Waals surface area contributed by atoms with Gasteiger partial charge >= 0.3 is 0 Å². The number of rotatable bonds is 3. The van der Waals surface area contributed by atoms with Crippen molar-refractivity contribution in [1.82, 2.24) is 0 Å². The van der Waals surface area contributed by atoms with E-state index in [-0.39, 0.29) is 11.3 Å². The van der Waals surface area contributed by atoms with Crippen LogP contribution in [0.15, 0.2) is 40.9 Å². The van der Waals surface area contributed by atoms with E-state index in [2.05, 4.69) is 21.2 Å². The van der Waals surface area contributed by atoms with E-state index in [1.165, 1.54) is 30.3 Å². The number of nitrogens with one attached hydrogen (secondary N) is 1. The van der Waals surface area contributed by atoms with Crippen molar-refractivity contribution in [2.24, 2.45) is 0 Å². The van der Waals surface area contributed by atoms with E-state index in [4.69, 9.17) is 0 Å². The predicted molar refractivity (Wildman–Crippen MR) is 72.5 cm³/mol. The number of hydrogen-bond acceptors (Lipinski definition) is 1. The standard InChI is InChI=1S/C14H11BrF3N/c1-8(14-10(16)3-2-4-11(14)17)19-13-6-5-9(15)7-12(13)18/h2-8,19H,1H3. The molecule has 2 aromatic carbocycles. The highest BCUT2D eigenvalue weighted by Gasteiger charge is 2.16. The Balaban J connectivity index is 2.28. The van der Waals surface area contributed by atoms with Gasteiger partial charge in [0.1, 0.15) is 17.5 Å². The van der Waals surface area contributed by atoms with Crippen LogP contribution in [0.5, 0.6) is 0 Å². The minimum atomic E-state index is -0.683. The smallest absolute Gasteiger partial charge is 0.147 e. The first-order valence-electron chi connectivity index (χ1n) is 5.64. The summed E-state index contributed by atoms with van der Waals surface area (Å²) in [6.07, 6.45) is 0. The van der Waals surface area contributed by atoms with Crippen LogP contribution in [0.1, 0.15) is 18.5 Å². The SMILES string of the molecule is CC(Nc1ccc(Br)cc1F)c1c(F)cccc1F. The Morgan fingerprint density at radius 1 is 1.00 bits per heavy atom. The second-order valence-electron chi connectivity index (χ2n) is 4.13. The van der Waals surface area contributed by atoms with Gasteiger partial charge in [-0.15, -0.1) is 0 Å². The van der Waals surface area contributed by atoms with Crippen molar-refractivity contribution in [3.05, 3.63) is 63.9 Å². The lowest BCUT2D eigenvalue weighted by molar-refractivity contribution is 0.542. The second kappa shape index (κ2) is 5.65. The van der Waals surface area contributed by atoms with Crippen LogP contribution in [0, 0.1) is 17.5 Å². The molecule has 0 heterocycles. The minimum absolute atomic E-state index is 0.107. The summed E-state index contributed by atoms with van der Waals surface area (Å²) in [4.78, 5) is 0. The van der Waals surface area contributed by atoms with Crippen LogP contribution in [-0.2, 0) is 0 Å². The van der Waals surface area contributed by atoms with Gasteiger partial charge in [-0.25, -0.2) is 13.2 Å². The molecule has 0 fully saturated rings. The van der Waals surface area contributed by atoms with Crippen LogP contribution < -0.4 is 5.32 Å². The summed E-state index contributed by atoms with van der Waals surface area (Å²) in [5.41, 5.74) is 0.0863. The molecule has 0 aliphatic heterocycles. The fourth-order valence-corrected chi connectivity index (χ4v) is 2.17. The fraction of sp³-hybridized carbons (Fsp3) is 0.143. The van der Waals surface area contributed by atoms with Crippen LogP contribution in [0.4, 0.5) is 18.9 Å². The molecule has 2 rings (SSSR count). The van der Waals surface area contributed by atoms with Crippen molar-refractivity contribution in [2.75, 3.05) is 5.32 Å².